The number of amides is 1. The molecule has 0 aliphatic carbocycles. The molecule has 1 aromatic heterocycles. The van der Waals surface area contributed by atoms with Crippen LogP contribution in [0.3, 0.4) is 0 Å². The van der Waals surface area contributed by atoms with E-state index in [2.05, 4.69) is 22.1 Å². The van der Waals surface area contributed by atoms with Crippen molar-refractivity contribution in [3.8, 4) is 11.8 Å². The van der Waals surface area contributed by atoms with Crippen LogP contribution in [0.5, 0.6) is 0 Å². The van der Waals surface area contributed by atoms with Crippen LogP contribution in [0.1, 0.15) is 12.0 Å². The van der Waals surface area contributed by atoms with Crippen molar-refractivity contribution in [2.45, 2.75) is 13.0 Å². The molecule has 108 valence electrons. The van der Waals surface area contributed by atoms with E-state index in [-0.39, 0.29) is 12.5 Å². The maximum atomic E-state index is 12.0. The monoisotopic (exact) mass is 302 g/mol. The van der Waals surface area contributed by atoms with Crippen molar-refractivity contribution in [1.82, 2.24) is 9.55 Å². The highest BCUT2D eigenvalue weighted by Crippen LogP contribution is 2.20. The van der Waals surface area contributed by atoms with E-state index in [0.29, 0.717) is 29.2 Å². The number of imidazole rings is 1. The summed E-state index contributed by atoms with van der Waals surface area (Å²) in [6.45, 7) is 0.826. The fourth-order valence-corrected chi connectivity index (χ4v) is 1.91. The van der Waals surface area contributed by atoms with Gasteiger partial charge in [-0.3, -0.25) is 4.79 Å². The summed E-state index contributed by atoms with van der Waals surface area (Å²) in [5, 5.41) is 3.36. The second-order valence-electron chi connectivity index (χ2n) is 4.29. The number of carbonyl (C=O) groups excluding carboxylic acids is 1. The number of nitrogens with one attached hydrogen (secondary N) is 1. The first-order valence-electron chi connectivity index (χ1n) is 6.43. The van der Waals surface area contributed by atoms with Crippen LogP contribution < -0.4 is 11.1 Å². The molecular formula is C15H15ClN4O. The van der Waals surface area contributed by atoms with E-state index in [1.54, 1.807) is 30.7 Å². The third kappa shape index (κ3) is 4.63. The summed E-state index contributed by atoms with van der Waals surface area (Å²) in [5.74, 6) is 5.57. The summed E-state index contributed by atoms with van der Waals surface area (Å²) < 4.78 is 1.84. The van der Waals surface area contributed by atoms with Crippen LogP contribution in [-0.2, 0) is 11.3 Å². The molecule has 1 heterocycles. The van der Waals surface area contributed by atoms with Crippen LogP contribution in [0.4, 0.5) is 5.69 Å². The van der Waals surface area contributed by atoms with Gasteiger partial charge in [0.2, 0.25) is 5.91 Å². The normalized spacial score (nSPS) is 9.81. The number of nitrogens with zero attached hydrogens (tertiary/aromatic N) is 2. The van der Waals surface area contributed by atoms with Gasteiger partial charge in [0, 0.05) is 35.9 Å². The Morgan fingerprint density at radius 2 is 2.33 bits per heavy atom. The van der Waals surface area contributed by atoms with Crippen molar-refractivity contribution >= 4 is 23.2 Å². The SMILES string of the molecule is NCC#Cc1ccc(Cl)cc1NC(=O)CCn1ccnc1. The van der Waals surface area contributed by atoms with E-state index in [4.69, 9.17) is 17.3 Å². The Morgan fingerprint density at radius 3 is 3.05 bits per heavy atom. The van der Waals surface area contributed by atoms with Crippen LogP contribution in [0.15, 0.2) is 36.9 Å². The number of benzene rings is 1. The quantitative estimate of drug-likeness (QED) is 0.847. The van der Waals surface area contributed by atoms with Gasteiger partial charge in [-0.05, 0) is 18.2 Å². The van der Waals surface area contributed by atoms with Crippen LogP contribution in [0, 0.1) is 11.8 Å². The Kier molecular flexibility index (Phi) is 5.38. The lowest BCUT2D eigenvalue weighted by Crippen LogP contribution is -2.15. The molecule has 0 radical (unpaired) electrons. The Hall–Kier alpha value is -2.29. The maximum Gasteiger partial charge on any atom is 0.226 e. The highest BCUT2D eigenvalue weighted by Gasteiger charge is 2.07. The van der Waals surface area contributed by atoms with Crippen molar-refractivity contribution in [1.29, 1.82) is 0 Å². The topological polar surface area (TPSA) is 72.9 Å². The number of hydrogen-bond donors (Lipinski definition) is 2. The van der Waals surface area contributed by atoms with E-state index in [1.165, 1.54) is 0 Å². The van der Waals surface area contributed by atoms with Gasteiger partial charge in [0.1, 0.15) is 0 Å². The Balaban J connectivity index is 2.03. The van der Waals surface area contributed by atoms with Crippen molar-refractivity contribution in [2.75, 3.05) is 11.9 Å². The average molecular weight is 303 g/mol. The van der Waals surface area contributed by atoms with Gasteiger partial charge in [-0.1, -0.05) is 23.4 Å². The fraction of sp³-hybridized carbons (Fsp3) is 0.200. The largest absolute Gasteiger partial charge is 0.337 e. The molecule has 0 aliphatic heterocycles. The predicted molar refractivity (Wildman–Crippen MR) is 82.9 cm³/mol. The van der Waals surface area contributed by atoms with E-state index < -0.39 is 0 Å². The highest BCUT2D eigenvalue weighted by atomic mass is 35.5. The summed E-state index contributed by atoms with van der Waals surface area (Å²) in [6, 6.07) is 5.16. The minimum Gasteiger partial charge on any atom is -0.337 e. The molecule has 1 amide bonds. The Labute approximate surface area is 128 Å². The predicted octanol–water partition coefficient (Wildman–Crippen LogP) is 1.88. The standard InChI is InChI=1S/C15H15ClN4O/c16-13-4-3-12(2-1-6-17)14(10-13)19-15(21)5-8-20-9-7-18-11-20/h3-4,7,9-11H,5-6,8,17H2,(H,19,21). The molecule has 0 atom stereocenters. The zero-order valence-electron chi connectivity index (χ0n) is 11.3. The number of aromatic nitrogens is 2. The molecule has 0 bridgehead atoms. The van der Waals surface area contributed by atoms with Crippen molar-refractivity contribution in [3.05, 3.63) is 47.5 Å². The lowest BCUT2D eigenvalue weighted by atomic mass is 10.1. The van der Waals surface area contributed by atoms with Gasteiger partial charge in [-0.2, -0.15) is 0 Å². The summed E-state index contributed by atoms with van der Waals surface area (Å²) in [6.07, 6.45) is 5.50. The molecular weight excluding hydrogens is 288 g/mol. The first-order chi connectivity index (χ1) is 10.2. The van der Waals surface area contributed by atoms with Gasteiger partial charge in [-0.15, -0.1) is 0 Å². The lowest BCUT2D eigenvalue weighted by Gasteiger charge is -2.08. The smallest absolute Gasteiger partial charge is 0.226 e. The second-order valence-corrected chi connectivity index (χ2v) is 4.73. The number of nitrogens with two attached hydrogens (primary N) is 1. The molecule has 1 aromatic carbocycles. The van der Waals surface area contributed by atoms with Crippen molar-refractivity contribution < 1.29 is 4.79 Å². The molecule has 2 aromatic rings. The molecule has 0 saturated carbocycles. The number of hydrogen-bond acceptors (Lipinski definition) is 3. The molecule has 21 heavy (non-hydrogen) atoms. The minimum atomic E-state index is -0.109. The molecule has 0 unspecified atom stereocenters. The first-order valence-corrected chi connectivity index (χ1v) is 6.81. The number of anilines is 1. The Morgan fingerprint density at radius 1 is 1.48 bits per heavy atom. The molecule has 0 aliphatic rings. The van der Waals surface area contributed by atoms with Crippen LogP contribution in [-0.4, -0.2) is 22.0 Å². The first kappa shape index (κ1) is 15.1. The van der Waals surface area contributed by atoms with Gasteiger partial charge < -0.3 is 15.6 Å². The third-order valence-electron chi connectivity index (χ3n) is 2.74. The molecule has 5 nitrogen and oxygen atoms in total. The molecule has 0 spiro atoms. The van der Waals surface area contributed by atoms with E-state index in [1.807, 2.05) is 10.8 Å². The summed E-state index contributed by atoms with van der Waals surface area (Å²) in [4.78, 5) is 15.9. The zero-order chi connectivity index (χ0) is 15.1. The van der Waals surface area contributed by atoms with Gasteiger partial charge in [-0.25, -0.2) is 4.98 Å². The maximum absolute atomic E-state index is 12.0. The molecule has 0 saturated heterocycles. The highest BCUT2D eigenvalue weighted by molar-refractivity contribution is 6.31. The lowest BCUT2D eigenvalue weighted by molar-refractivity contribution is -0.116. The van der Waals surface area contributed by atoms with Crippen molar-refractivity contribution in [3.63, 3.8) is 0 Å². The number of rotatable bonds is 4. The Bertz CT molecular complexity index is 671. The molecule has 6 heteroatoms. The number of halogens is 1. The molecule has 2 rings (SSSR count). The van der Waals surface area contributed by atoms with Gasteiger partial charge in [0.05, 0.1) is 18.6 Å². The molecule has 3 N–H and O–H groups in total. The minimum absolute atomic E-state index is 0.109. The van der Waals surface area contributed by atoms with Gasteiger partial charge >= 0.3 is 0 Å². The summed E-state index contributed by atoms with van der Waals surface area (Å²) >= 11 is 5.96. The molecule has 0 fully saturated rings. The fourth-order valence-electron chi connectivity index (χ4n) is 1.74. The van der Waals surface area contributed by atoms with Crippen LogP contribution >= 0.6 is 11.6 Å². The van der Waals surface area contributed by atoms with E-state index in [0.717, 1.165) is 0 Å². The van der Waals surface area contributed by atoms with E-state index >= 15 is 0 Å². The van der Waals surface area contributed by atoms with Crippen molar-refractivity contribution in [2.24, 2.45) is 5.73 Å². The summed E-state index contributed by atoms with van der Waals surface area (Å²) in [5.41, 5.74) is 6.66. The number of carbonyl (C=O) groups is 1. The van der Waals surface area contributed by atoms with E-state index in [9.17, 15) is 4.79 Å². The second kappa shape index (κ2) is 7.48. The van der Waals surface area contributed by atoms with Gasteiger partial charge in [0.15, 0.2) is 0 Å². The number of aryl methyl sites for hydroxylation is 1. The average Bonchev–Trinajstić information content (AvgIpc) is 2.98. The third-order valence-corrected chi connectivity index (χ3v) is 2.97. The zero-order valence-corrected chi connectivity index (χ0v) is 12.1. The summed E-state index contributed by atoms with van der Waals surface area (Å²) in [7, 11) is 0. The van der Waals surface area contributed by atoms with Crippen LogP contribution in [0.2, 0.25) is 5.02 Å². The van der Waals surface area contributed by atoms with Gasteiger partial charge in [0.25, 0.3) is 0 Å². The van der Waals surface area contributed by atoms with Crippen LogP contribution in [0.25, 0.3) is 0 Å².